The molecule has 0 bridgehead atoms. The minimum atomic E-state index is 0.777. The molecule has 16 heavy (non-hydrogen) atoms. The Labute approximate surface area is 102 Å². The topological polar surface area (TPSA) is 15.3 Å². The van der Waals surface area contributed by atoms with Crippen LogP contribution in [-0.4, -0.2) is 37.6 Å². The van der Waals surface area contributed by atoms with Gasteiger partial charge in [0.1, 0.15) is 0 Å². The standard InChI is InChI=1S/C13H17ClN2/c1-11(10-16-8-6-15-7-9-16)12-2-4-13(14)5-3-12/h2-5,15H,1,6-10H2. The molecule has 0 atom stereocenters. The number of piperazine rings is 1. The molecule has 0 aliphatic carbocycles. The lowest BCUT2D eigenvalue weighted by Gasteiger charge is -2.27. The number of nitrogens with one attached hydrogen (secondary N) is 1. The molecule has 86 valence electrons. The van der Waals surface area contributed by atoms with Crippen molar-refractivity contribution in [3.8, 4) is 0 Å². The normalized spacial score (nSPS) is 17.3. The fourth-order valence-electron chi connectivity index (χ4n) is 1.92. The first-order chi connectivity index (χ1) is 7.75. The second-order valence-electron chi connectivity index (χ2n) is 4.14. The van der Waals surface area contributed by atoms with Gasteiger partial charge in [-0.1, -0.05) is 30.3 Å². The summed E-state index contributed by atoms with van der Waals surface area (Å²) in [5.74, 6) is 0. The maximum atomic E-state index is 5.86. The van der Waals surface area contributed by atoms with Crippen molar-refractivity contribution in [1.82, 2.24) is 10.2 Å². The van der Waals surface area contributed by atoms with Crippen LogP contribution in [0.15, 0.2) is 30.8 Å². The summed E-state index contributed by atoms with van der Waals surface area (Å²) in [4.78, 5) is 2.42. The zero-order chi connectivity index (χ0) is 11.4. The van der Waals surface area contributed by atoms with Crippen LogP contribution < -0.4 is 5.32 Å². The number of rotatable bonds is 3. The van der Waals surface area contributed by atoms with Crippen molar-refractivity contribution in [3.63, 3.8) is 0 Å². The van der Waals surface area contributed by atoms with Crippen molar-refractivity contribution in [2.24, 2.45) is 0 Å². The van der Waals surface area contributed by atoms with Crippen molar-refractivity contribution >= 4 is 17.2 Å². The Kier molecular flexibility index (Phi) is 3.99. The van der Waals surface area contributed by atoms with Gasteiger partial charge in [-0.2, -0.15) is 0 Å². The number of benzene rings is 1. The molecule has 1 aliphatic heterocycles. The van der Waals surface area contributed by atoms with Gasteiger partial charge in [-0.05, 0) is 23.3 Å². The Morgan fingerprint density at radius 2 is 1.88 bits per heavy atom. The minimum Gasteiger partial charge on any atom is -0.314 e. The molecule has 0 radical (unpaired) electrons. The highest BCUT2D eigenvalue weighted by molar-refractivity contribution is 6.30. The molecule has 0 saturated carbocycles. The number of halogens is 1. The van der Waals surface area contributed by atoms with Crippen LogP contribution in [0.3, 0.4) is 0 Å². The van der Waals surface area contributed by atoms with Crippen molar-refractivity contribution in [2.45, 2.75) is 0 Å². The maximum absolute atomic E-state index is 5.86. The molecule has 2 rings (SSSR count). The highest BCUT2D eigenvalue weighted by Crippen LogP contribution is 2.17. The van der Waals surface area contributed by atoms with Crippen LogP contribution in [0.1, 0.15) is 5.56 Å². The Morgan fingerprint density at radius 1 is 1.25 bits per heavy atom. The molecule has 2 nitrogen and oxygen atoms in total. The maximum Gasteiger partial charge on any atom is 0.0406 e. The van der Waals surface area contributed by atoms with E-state index >= 15 is 0 Å². The lowest BCUT2D eigenvalue weighted by atomic mass is 10.1. The van der Waals surface area contributed by atoms with E-state index in [0.29, 0.717) is 0 Å². The predicted octanol–water partition coefficient (Wildman–Crippen LogP) is 2.26. The van der Waals surface area contributed by atoms with E-state index in [0.717, 1.165) is 37.7 Å². The van der Waals surface area contributed by atoms with Crippen molar-refractivity contribution < 1.29 is 0 Å². The van der Waals surface area contributed by atoms with Crippen LogP contribution in [0.2, 0.25) is 5.02 Å². The van der Waals surface area contributed by atoms with E-state index in [9.17, 15) is 0 Å². The van der Waals surface area contributed by atoms with E-state index < -0.39 is 0 Å². The molecule has 1 aliphatic rings. The van der Waals surface area contributed by atoms with Crippen molar-refractivity contribution in [2.75, 3.05) is 32.7 Å². The van der Waals surface area contributed by atoms with E-state index in [4.69, 9.17) is 11.6 Å². The van der Waals surface area contributed by atoms with Crippen LogP contribution in [-0.2, 0) is 0 Å². The summed E-state index contributed by atoms with van der Waals surface area (Å²) in [5, 5.41) is 4.12. The molecule has 1 heterocycles. The molecule has 0 unspecified atom stereocenters. The number of hydrogen-bond donors (Lipinski definition) is 1. The smallest absolute Gasteiger partial charge is 0.0406 e. The second kappa shape index (κ2) is 5.48. The molecule has 0 amide bonds. The monoisotopic (exact) mass is 236 g/mol. The predicted molar refractivity (Wildman–Crippen MR) is 69.8 cm³/mol. The summed E-state index contributed by atoms with van der Waals surface area (Å²) in [6.07, 6.45) is 0. The van der Waals surface area contributed by atoms with Gasteiger partial charge >= 0.3 is 0 Å². The van der Waals surface area contributed by atoms with Gasteiger partial charge in [0.15, 0.2) is 0 Å². The summed E-state index contributed by atoms with van der Waals surface area (Å²) in [6.45, 7) is 9.45. The Bertz CT molecular complexity index is 353. The van der Waals surface area contributed by atoms with Crippen LogP contribution in [0.5, 0.6) is 0 Å². The molecule has 1 aromatic carbocycles. The van der Waals surface area contributed by atoms with Gasteiger partial charge in [0.25, 0.3) is 0 Å². The zero-order valence-electron chi connectivity index (χ0n) is 9.38. The average Bonchev–Trinajstić information content (AvgIpc) is 2.31. The second-order valence-corrected chi connectivity index (χ2v) is 4.57. The average molecular weight is 237 g/mol. The van der Waals surface area contributed by atoms with Crippen LogP contribution >= 0.6 is 11.6 Å². The van der Waals surface area contributed by atoms with Gasteiger partial charge in [-0.3, -0.25) is 4.90 Å². The Balaban J connectivity index is 1.94. The van der Waals surface area contributed by atoms with Gasteiger partial charge in [0, 0.05) is 37.7 Å². The lowest BCUT2D eigenvalue weighted by Crippen LogP contribution is -2.43. The summed E-state index contributed by atoms with van der Waals surface area (Å²) >= 11 is 5.86. The highest BCUT2D eigenvalue weighted by atomic mass is 35.5. The molecular formula is C13H17ClN2. The number of hydrogen-bond acceptors (Lipinski definition) is 2. The summed E-state index contributed by atoms with van der Waals surface area (Å²) in [7, 11) is 0. The van der Waals surface area contributed by atoms with Crippen molar-refractivity contribution in [3.05, 3.63) is 41.4 Å². The molecule has 0 spiro atoms. The van der Waals surface area contributed by atoms with E-state index in [-0.39, 0.29) is 0 Å². The Hall–Kier alpha value is -0.830. The fraction of sp³-hybridized carbons (Fsp3) is 0.385. The zero-order valence-corrected chi connectivity index (χ0v) is 10.1. The summed E-state index contributed by atoms with van der Waals surface area (Å²) in [6, 6.07) is 7.90. The van der Waals surface area contributed by atoms with Gasteiger partial charge < -0.3 is 5.32 Å². The van der Waals surface area contributed by atoms with E-state index in [1.54, 1.807) is 0 Å². The van der Waals surface area contributed by atoms with Crippen LogP contribution in [0, 0.1) is 0 Å². The molecule has 1 fully saturated rings. The van der Waals surface area contributed by atoms with Crippen LogP contribution in [0.4, 0.5) is 0 Å². The first-order valence-electron chi connectivity index (χ1n) is 5.62. The molecule has 1 aromatic rings. The third-order valence-corrected chi connectivity index (χ3v) is 3.13. The molecule has 1 N–H and O–H groups in total. The quantitative estimate of drug-likeness (QED) is 0.866. The highest BCUT2D eigenvalue weighted by Gasteiger charge is 2.10. The van der Waals surface area contributed by atoms with Crippen LogP contribution in [0.25, 0.3) is 5.57 Å². The minimum absolute atomic E-state index is 0.777. The third-order valence-electron chi connectivity index (χ3n) is 2.88. The van der Waals surface area contributed by atoms with E-state index in [1.807, 2.05) is 24.3 Å². The van der Waals surface area contributed by atoms with Gasteiger partial charge in [-0.25, -0.2) is 0 Å². The first-order valence-corrected chi connectivity index (χ1v) is 6.00. The van der Waals surface area contributed by atoms with Gasteiger partial charge in [0.2, 0.25) is 0 Å². The third kappa shape index (κ3) is 3.08. The van der Waals surface area contributed by atoms with Gasteiger partial charge in [0.05, 0.1) is 0 Å². The molecular weight excluding hydrogens is 220 g/mol. The molecule has 0 aromatic heterocycles. The lowest BCUT2D eigenvalue weighted by molar-refractivity contribution is 0.268. The largest absolute Gasteiger partial charge is 0.314 e. The Morgan fingerprint density at radius 3 is 2.50 bits per heavy atom. The SMILES string of the molecule is C=C(CN1CCNCC1)c1ccc(Cl)cc1. The summed E-state index contributed by atoms with van der Waals surface area (Å²) < 4.78 is 0. The first kappa shape index (κ1) is 11.6. The summed E-state index contributed by atoms with van der Waals surface area (Å²) in [5.41, 5.74) is 2.35. The van der Waals surface area contributed by atoms with E-state index in [1.165, 1.54) is 11.1 Å². The molecule has 3 heteroatoms. The number of nitrogens with zero attached hydrogens (tertiary/aromatic N) is 1. The van der Waals surface area contributed by atoms with Gasteiger partial charge in [-0.15, -0.1) is 0 Å². The fourth-order valence-corrected chi connectivity index (χ4v) is 2.04. The van der Waals surface area contributed by atoms with Crippen molar-refractivity contribution in [1.29, 1.82) is 0 Å². The molecule has 1 saturated heterocycles. The van der Waals surface area contributed by atoms with E-state index in [2.05, 4.69) is 16.8 Å².